The minimum atomic E-state index is 0.505. The highest BCUT2D eigenvalue weighted by Crippen LogP contribution is 2.26. The smallest absolute Gasteiger partial charge is 0.0586 e. The molecule has 3 heteroatoms. The first-order valence-corrected chi connectivity index (χ1v) is 7.81. The molecule has 1 heterocycles. The fraction of sp³-hybridized carbons (Fsp3) is 1.00. The highest BCUT2D eigenvalue weighted by atomic mass is 16.5. The predicted octanol–water partition coefficient (Wildman–Crippen LogP) is 2.27. The third-order valence-electron chi connectivity index (χ3n) is 4.81. The molecule has 0 radical (unpaired) electrons. The van der Waals surface area contributed by atoms with Crippen LogP contribution in [0.15, 0.2) is 0 Å². The lowest BCUT2D eigenvalue weighted by molar-refractivity contribution is 0.0236. The van der Waals surface area contributed by atoms with Crippen molar-refractivity contribution >= 4 is 0 Å². The monoisotopic (exact) mass is 254 g/mol. The average Bonchev–Trinajstić information content (AvgIpc) is 2.46. The Kier molecular flexibility index (Phi) is 5.93. The Hall–Kier alpha value is -0.120. The minimum Gasteiger partial charge on any atom is -0.381 e. The molecule has 0 aromatic rings. The van der Waals surface area contributed by atoms with Crippen molar-refractivity contribution < 1.29 is 4.74 Å². The minimum absolute atomic E-state index is 0.505. The first-order valence-electron chi connectivity index (χ1n) is 7.81. The molecule has 1 N–H and O–H groups in total. The normalized spacial score (nSPS) is 30.8. The summed E-state index contributed by atoms with van der Waals surface area (Å²) in [6.07, 6.45) is 8.44. The number of methoxy groups -OCH3 is 1. The molecule has 1 saturated carbocycles. The van der Waals surface area contributed by atoms with Crippen LogP contribution in [0, 0.1) is 5.92 Å². The quantitative estimate of drug-likeness (QED) is 0.814. The topological polar surface area (TPSA) is 24.5 Å². The van der Waals surface area contributed by atoms with Crippen molar-refractivity contribution in [2.75, 3.05) is 33.3 Å². The van der Waals surface area contributed by atoms with Gasteiger partial charge < -0.3 is 15.0 Å². The van der Waals surface area contributed by atoms with Gasteiger partial charge in [0.05, 0.1) is 6.10 Å². The van der Waals surface area contributed by atoms with Crippen LogP contribution in [0.25, 0.3) is 0 Å². The van der Waals surface area contributed by atoms with Gasteiger partial charge in [-0.2, -0.15) is 0 Å². The molecule has 1 aliphatic carbocycles. The predicted molar refractivity (Wildman–Crippen MR) is 75.9 cm³/mol. The van der Waals surface area contributed by atoms with Gasteiger partial charge in [0.2, 0.25) is 0 Å². The van der Waals surface area contributed by atoms with Crippen molar-refractivity contribution in [1.29, 1.82) is 0 Å². The van der Waals surface area contributed by atoms with Crippen LogP contribution >= 0.6 is 0 Å². The molecule has 106 valence electrons. The van der Waals surface area contributed by atoms with Gasteiger partial charge in [0.1, 0.15) is 0 Å². The number of hydrogen-bond acceptors (Lipinski definition) is 3. The summed E-state index contributed by atoms with van der Waals surface area (Å²) in [6, 6.07) is 0.767. The Morgan fingerprint density at radius 3 is 2.61 bits per heavy atom. The summed E-state index contributed by atoms with van der Waals surface area (Å²) in [5.41, 5.74) is 0. The van der Waals surface area contributed by atoms with E-state index in [0.717, 1.165) is 12.0 Å². The first kappa shape index (κ1) is 14.3. The van der Waals surface area contributed by atoms with Gasteiger partial charge in [-0.3, -0.25) is 0 Å². The lowest BCUT2D eigenvalue weighted by Crippen LogP contribution is -2.44. The van der Waals surface area contributed by atoms with Gasteiger partial charge >= 0.3 is 0 Å². The van der Waals surface area contributed by atoms with E-state index in [-0.39, 0.29) is 0 Å². The van der Waals surface area contributed by atoms with Crippen LogP contribution in [0.3, 0.4) is 0 Å². The maximum atomic E-state index is 5.57. The Bertz CT molecular complexity index is 229. The van der Waals surface area contributed by atoms with Gasteiger partial charge in [0.25, 0.3) is 0 Å². The lowest BCUT2D eigenvalue weighted by Gasteiger charge is -2.39. The van der Waals surface area contributed by atoms with E-state index in [1.807, 2.05) is 7.11 Å². The highest BCUT2D eigenvalue weighted by Gasteiger charge is 2.27. The summed E-state index contributed by atoms with van der Waals surface area (Å²) in [5, 5.41) is 3.46. The van der Waals surface area contributed by atoms with Crippen molar-refractivity contribution in [2.45, 2.75) is 57.6 Å². The second kappa shape index (κ2) is 7.46. The highest BCUT2D eigenvalue weighted by molar-refractivity contribution is 4.82. The molecule has 0 aromatic heterocycles. The Morgan fingerprint density at radius 2 is 1.94 bits per heavy atom. The zero-order chi connectivity index (χ0) is 12.8. The van der Waals surface area contributed by atoms with E-state index >= 15 is 0 Å². The zero-order valence-electron chi connectivity index (χ0n) is 12.2. The number of piperidine rings is 1. The van der Waals surface area contributed by atoms with Crippen LogP contribution in [0.1, 0.15) is 45.4 Å². The van der Waals surface area contributed by atoms with Gasteiger partial charge in [-0.05, 0) is 64.1 Å². The van der Waals surface area contributed by atoms with Crippen molar-refractivity contribution in [3.05, 3.63) is 0 Å². The Morgan fingerprint density at radius 1 is 1.17 bits per heavy atom. The number of nitrogens with zero attached hydrogens (tertiary/aromatic N) is 1. The lowest BCUT2D eigenvalue weighted by atomic mass is 9.90. The molecule has 18 heavy (non-hydrogen) atoms. The van der Waals surface area contributed by atoms with Crippen LogP contribution in [-0.2, 0) is 4.74 Å². The first-order chi connectivity index (χ1) is 8.83. The SMILES string of the molecule is CCN(CC1CCNCC1)C1CCCC(OC)C1. The summed E-state index contributed by atoms with van der Waals surface area (Å²) in [5.74, 6) is 0.911. The Balaban J connectivity index is 1.82. The van der Waals surface area contributed by atoms with E-state index < -0.39 is 0 Å². The maximum Gasteiger partial charge on any atom is 0.0586 e. The molecule has 2 aliphatic rings. The number of hydrogen-bond donors (Lipinski definition) is 1. The van der Waals surface area contributed by atoms with E-state index in [1.54, 1.807) is 0 Å². The van der Waals surface area contributed by atoms with E-state index in [1.165, 1.54) is 64.7 Å². The van der Waals surface area contributed by atoms with Crippen molar-refractivity contribution in [2.24, 2.45) is 5.92 Å². The maximum absolute atomic E-state index is 5.57. The molecule has 0 amide bonds. The van der Waals surface area contributed by atoms with Crippen LogP contribution in [0.4, 0.5) is 0 Å². The molecule has 0 aromatic carbocycles. The third kappa shape index (κ3) is 3.94. The molecular weight excluding hydrogens is 224 g/mol. The molecule has 2 fully saturated rings. The van der Waals surface area contributed by atoms with Gasteiger partial charge in [0.15, 0.2) is 0 Å². The Labute approximate surface area is 112 Å². The van der Waals surface area contributed by atoms with Crippen molar-refractivity contribution in [3.8, 4) is 0 Å². The van der Waals surface area contributed by atoms with Crippen LogP contribution in [0.2, 0.25) is 0 Å². The second-order valence-electron chi connectivity index (χ2n) is 5.96. The molecule has 1 saturated heterocycles. The third-order valence-corrected chi connectivity index (χ3v) is 4.81. The molecular formula is C15H30N2O. The number of rotatable bonds is 5. The second-order valence-corrected chi connectivity index (χ2v) is 5.96. The van der Waals surface area contributed by atoms with Crippen LogP contribution < -0.4 is 5.32 Å². The largest absolute Gasteiger partial charge is 0.381 e. The summed E-state index contributed by atoms with van der Waals surface area (Å²) in [6.45, 7) is 7.25. The number of ether oxygens (including phenoxy) is 1. The van der Waals surface area contributed by atoms with Crippen molar-refractivity contribution in [3.63, 3.8) is 0 Å². The molecule has 2 atom stereocenters. The van der Waals surface area contributed by atoms with Gasteiger partial charge in [-0.25, -0.2) is 0 Å². The van der Waals surface area contributed by atoms with E-state index in [2.05, 4.69) is 17.1 Å². The zero-order valence-corrected chi connectivity index (χ0v) is 12.2. The molecule has 1 aliphatic heterocycles. The van der Waals surface area contributed by atoms with Gasteiger partial charge in [0, 0.05) is 19.7 Å². The summed E-state index contributed by atoms with van der Waals surface area (Å²) >= 11 is 0. The summed E-state index contributed by atoms with van der Waals surface area (Å²) in [4.78, 5) is 2.72. The van der Waals surface area contributed by atoms with Gasteiger partial charge in [-0.15, -0.1) is 0 Å². The molecule has 2 rings (SSSR count). The summed E-state index contributed by atoms with van der Waals surface area (Å²) < 4.78 is 5.57. The van der Waals surface area contributed by atoms with E-state index in [4.69, 9.17) is 4.74 Å². The van der Waals surface area contributed by atoms with Crippen LogP contribution in [0.5, 0.6) is 0 Å². The van der Waals surface area contributed by atoms with E-state index in [9.17, 15) is 0 Å². The fourth-order valence-electron chi connectivity index (χ4n) is 3.60. The average molecular weight is 254 g/mol. The van der Waals surface area contributed by atoms with Crippen molar-refractivity contribution in [1.82, 2.24) is 10.2 Å². The molecule has 0 spiro atoms. The van der Waals surface area contributed by atoms with E-state index in [0.29, 0.717) is 6.10 Å². The molecule has 3 nitrogen and oxygen atoms in total. The van der Waals surface area contributed by atoms with Crippen LogP contribution in [-0.4, -0.2) is 50.3 Å². The summed E-state index contributed by atoms with van der Waals surface area (Å²) in [7, 11) is 1.87. The fourth-order valence-corrected chi connectivity index (χ4v) is 3.60. The standard InChI is InChI=1S/C15H30N2O/c1-3-17(12-13-7-9-16-10-8-13)14-5-4-6-15(11-14)18-2/h13-16H,3-12H2,1-2H3. The van der Waals surface area contributed by atoms with Gasteiger partial charge in [-0.1, -0.05) is 6.92 Å². The molecule has 2 unspecified atom stereocenters. The molecule has 0 bridgehead atoms. The number of nitrogens with one attached hydrogen (secondary N) is 1.